The van der Waals surface area contributed by atoms with Crippen LogP contribution in [0.1, 0.15) is 17.0 Å². The van der Waals surface area contributed by atoms with E-state index in [4.69, 9.17) is 11.6 Å². The van der Waals surface area contributed by atoms with Crippen LogP contribution in [0.15, 0.2) is 41.6 Å². The Bertz CT molecular complexity index is 1100. The first-order chi connectivity index (χ1) is 13.3. The highest BCUT2D eigenvalue weighted by Crippen LogP contribution is 2.19. The number of aryl methyl sites for hydroxylation is 3. The molecule has 2 N–H and O–H groups in total. The molecule has 1 aromatic carbocycles. The molecule has 0 saturated heterocycles. The van der Waals surface area contributed by atoms with Crippen molar-refractivity contribution in [2.45, 2.75) is 25.7 Å². The van der Waals surface area contributed by atoms with Gasteiger partial charge in [0.05, 0.1) is 10.6 Å². The Morgan fingerprint density at radius 3 is 2.57 bits per heavy atom. The van der Waals surface area contributed by atoms with Crippen molar-refractivity contribution in [2.24, 2.45) is 0 Å². The zero-order valence-corrected chi connectivity index (χ0v) is 17.3. The van der Waals surface area contributed by atoms with Crippen LogP contribution in [-0.2, 0) is 10.0 Å². The van der Waals surface area contributed by atoms with E-state index in [0.29, 0.717) is 28.8 Å². The van der Waals surface area contributed by atoms with Gasteiger partial charge in [0.2, 0.25) is 10.0 Å². The summed E-state index contributed by atoms with van der Waals surface area (Å²) in [7, 11) is -3.64. The Kier molecular flexibility index (Phi) is 5.97. The maximum absolute atomic E-state index is 12.5. The van der Waals surface area contributed by atoms with Gasteiger partial charge in [0.25, 0.3) is 0 Å². The van der Waals surface area contributed by atoms with E-state index in [1.807, 2.05) is 19.9 Å². The van der Waals surface area contributed by atoms with E-state index in [-0.39, 0.29) is 11.4 Å². The van der Waals surface area contributed by atoms with Gasteiger partial charge < -0.3 is 5.32 Å². The van der Waals surface area contributed by atoms with Crippen molar-refractivity contribution < 1.29 is 8.42 Å². The second kappa shape index (κ2) is 8.26. The van der Waals surface area contributed by atoms with Gasteiger partial charge in [0.1, 0.15) is 12.1 Å². The van der Waals surface area contributed by atoms with Crippen molar-refractivity contribution in [3.63, 3.8) is 0 Å². The molecule has 0 aliphatic heterocycles. The third-order valence-corrected chi connectivity index (χ3v) is 5.88. The van der Waals surface area contributed by atoms with Crippen LogP contribution in [0, 0.1) is 20.8 Å². The number of anilines is 1. The average Bonchev–Trinajstić information content (AvgIpc) is 2.99. The number of rotatable bonds is 7. The van der Waals surface area contributed by atoms with Crippen LogP contribution < -0.4 is 10.0 Å². The molecular weight excluding hydrogens is 400 g/mol. The van der Waals surface area contributed by atoms with E-state index in [0.717, 1.165) is 11.4 Å². The molecular formula is C18H21ClN6O2S. The zero-order chi connectivity index (χ0) is 20.3. The number of hydrogen-bond acceptors (Lipinski definition) is 6. The summed E-state index contributed by atoms with van der Waals surface area (Å²) < 4.78 is 29.2. The number of hydrogen-bond donors (Lipinski definition) is 2. The molecule has 0 aliphatic carbocycles. The summed E-state index contributed by atoms with van der Waals surface area (Å²) in [5, 5.41) is 7.86. The van der Waals surface area contributed by atoms with Crippen molar-refractivity contribution >= 4 is 27.4 Å². The molecule has 0 spiro atoms. The summed E-state index contributed by atoms with van der Waals surface area (Å²) in [4.78, 5) is 8.57. The fraction of sp³-hybridized carbons (Fsp3) is 0.278. The molecule has 10 heteroatoms. The summed E-state index contributed by atoms with van der Waals surface area (Å²) in [5.74, 6) is 1.22. The Balaban J connectivity index is 1.62. The van der Waals surface area contributed by atoms with E-state index >= 15 is 0 Å². The van der Waals surface area contributed by atoms with Crippen LogP contribution in [0.5, 0.6) is 0 Å². The molecule has 28 heavy (non-hydrogen) atoms. The zero-order valence-electron chi connectivity index (χ0n) is 15.8. The van der Waals surface area contributed by atoms with Gasteiger partial charge in [-0.1, -0.05) is 17.7 Å². The predicted octanol–water partition coefficient (Wildman–Crippen LogP) is 2.63. The van der Waals surface area contributed by atoms with Crippen LogP contribution in [0.2, 0.25) is 5.02 Å². The monoisotopic (exact) mass is 420 g/mol. The molecule has 0 unspecified atom stereocenters. The Morgan fingerprint density at radius 1 is 1.07 bits per heavy atom. The third kappa shape index (κ3) is 4.67. The van der Waals surface area contributed by atoms with Gasteiger partial charge in [-0.2, -0.15) is 5.10 Å². The molecule has 0 radical (unpaired) electrons. The van der Waals surface area contributed by atoms with Gasteiger partial charge in [0.15, 0.2) is 5.82 Å². The SMILES string of the molecule is Cc1cc(C)n(-c2cc(NCCNS(=O)(=O)c3cc(Cl)ccc3C)ncn2)n1. The van der Waals surface area contributed by atoms with Crippen molar-refractivity contribution in [2.75, 3.05) is 18.4 Å². The molecule has 8 nitrogen and oxygen atoms in total. The lowest BCUT2D eigenvalue weighted by molar-refractivity contribution is 0.582. The minimum Gasteiger partial charge on any atom is -0.369 e. The number of sulfonamides is 1. The Hall–Kier alpha value is -2.49. The molecule has 0 amide bonds. The number of aromatic nitrogens is 4. The van der Waals surface area contributed by atoms with E-state index in [1.54, 1.807) is 29.8 Å². The van der Waals surface area contributed by atoms with Gasteiger partial charge >= 0.3 is 0 Å². The van der Waals surface area contributed by atoms with E-state index in [9.17, 15) is 8.42 Å². The summed E-state index contributed by atoms with van der Waals surface area (Å²) in [6.07, 6.45) is 1.44. The smallest absolute Gasteiger partial charge is 0.240 e. The van der Waals surface area contributed by atoms with Gasteiger partial charge in [-0.25, -0.2) is 27.8 Å². The Morgan fingerprint density at radius 2 is 1.86 bits per heavy atom. The number of benzene rings is 1. The first-order valence-corrected chi connectivity index (χ1v) is 10.5. The van der Waals surface area contributed by atoms with Crippen molar-refractivity contribution in [1.82, 2.24) is 24.5 Å². The van der Waals surface area contributed by atoms with Crippen molar-refractivity contribution in [1.29, 1.82) is 0 Å². The standard InChI is InChI=1S/C18H21ClN6O2S/c1-12-4-5-15(19)9-16(12)28(26,27)23-7-6-20-17-10-18(22-11-21-17)25-14(3)8-13(2)24-25/h4-5,8-11,23H,6-7H2,1-3H3,(H,20,21,22). The first-order valence-electron chi connectivity index (χ1n) is 8.61. The van der Waals surface area contributed by atoms with Crippen LogP contribution in [-0.4, -0.2) is 41.3 Å². The molecule has 0 atom stereocenters. The highest BCUT2D eigenvalue weighted by Gasteiger charge is 2.16. The molecule has 2 heterocycles. The number of nitrogens with one attached hydrogen (secondary N) is 2. The quantitative estimate of drug-likeness (QED) is 0.570. The molecule has 0 bridgehead atoms. The normalized spacial score (nSPS) is 11.6. The molecule has 3 rings (SSSR count). The minimum atomic E-state index is -3.64. The van der Waals surface area contributed by atoms with Crippen LogP contribution in [0.25, 0.3) is 5.82 Å². The van der Waals surface area contributed by atoms with Gasteiger partial charge in [0, 0.05) is 29.9 Å². The molecule has 0 fully saturated rings. The molecule has 3 aromatic rings. The summed E-state index contributed by atoms with van der Waals surface area (Å²) in [6.45, 7) is 6.13. The fourth-order valence-corrected chi connectivity index (χ4v) is 4.27. The number of nitrogens with zero attached hydrogens (tertiary/aromatic N) is 4. The third-order valence-electron chi connectivity index (χ3n) is 4.04. The molecule has 148 valence electrons. The predicted molar refractivity (Wildman–Crippen MR) is 108 cm³/mol. The van der Waals surface area contributed by atoms with Crippen molar-refractivity contribution in [3.05, 3.63) is 58.6 Å². The van der Waals surface area contributed by atoms with Gasteiger partial charge in [-0.05, 0) is 44.5 Å². The second-order valence-electron chi connectivity index (χ2n) is 6.33. The topological polar surface area (TPSA) is 102 Å². The largest absolute Gasteiger partial charge is 0.369 e. The maximum atomic E-state index is 12.5. The molecule has 2 aromatic heterocycles. The van der Waals surface area contributed by atoms with Gasteiger partial charge in [-0.3, -0.25) is 0 Å². The maximum Gasteiger partial charge on any atom is 0.240 e. The van der Waals surface area contributed by atoms with Crippen LogP contribution in [0.4, 0.5) is 5.82 Å². The van der Waals surface area contributed by atoms with E-state index < -0.39 is 10.0 Å². The lowest BCUT2D eigenvalue weighted by Crippen LogP contribution is -2.29. The highest BCUT2D eigenvalue weighted by molar-refractivity contribution is 7.89. The van der Waals surface area contributed by atoms with Crippen molar-refractivity contribution in [3.8, 4) is 5.82 Å². The lowest BCUT2D eigenvalue weighted by atomic mass is 10.2. The molecule has 0 aliphatic rings. The number of halogens is 1. The van der Waals surface area contributed by atoms with Gasteiger partial charge in [-0.15, -0.1) is 0 Å². The Labute approximate surface area is 169 Å². The first kappa shape index (κ1) is 20.2. The minimum absolute atomic E-state index is 0.175. The lowest BCUT2D eigenvalue weighted by Gasteiger charge is -2.11. The van der Waals surface area contributed by atoms with E-state index in [1.165, 1.54) is 12.4 Å². The highest BCUT2D eigenvalue weighted by atomic mass is 35.5. The van der Waals surface area contributed by atoms with Crippen LogP contribution in [0.3, 0.4) is 0 Å². The summed E-state index contributed by atoms with van der Waals surface area (Å²) in [5.41, 5.74) is 2.50. The second-order valence-corrected chi connectivity index (χ2v) is 8.51. The summed E-state index contributed by atoms with van der Waals surface area (Å²) >= 11 is 5.92. The molecule has 0 saturated carbocycles. The average molecular weight is 421 g/mol. The van der Waals surface area contributed by atoms with E-state index in [2.05, 4.69) is 25.1 Å². The van der Waals surface area contributed by atoms with Crippen LogP contribution >= 0.6 is 11.6 Å². The summed E-state index contributed by atoms with van der Waals surface area (Å²) in [6, 6.07) is 8.50. The fourth-order valence-electron chi connectivity index (χ4n) is 2.74.